The standard InChI is InChI=1S/C41H42Cl2N6O2/c42-32-14-16-36-34(26-32)40(30-10-3-1-4-11-30)44-28-38(50)48(36)22-8-20-46-18-7-19-47(25-24-46)21-9-23-49-37-17-15-33(43)27-35(37)41(45-29-39(49)51)31-12-5-2-6-13-31/h1-6,10-17,26-27H,7-9,18-25,28-29H2. The number of carbonyl (C=O) groups excluding carboxylic acids is 2. The Labute approximate surface area is 310 Å². The summed E-state index contributed by atoms with van der Waals surface area (Å²) >= 11 is 12.9. The Morgan fingerprint density at radius 1 is 0.529 bits per heavy atom. The van der Waals surface area contributed by atoms with Crippen molar-refractivity contribution in [1.29, 1.82) is 0 Å². The summed E-state index contributed by atoms with van der Waals surface area (Å²) in [7, 11) is 0. The van der Waals surface area contributed by atoms with Crippen molar-refractivity contribution in [3.05, 3.63) is 129 Å². The third-order valence-corrected chi connectivity index (χ3v) is 10.3. The number of aliphatic imine (C=N–C) groups is 2. The molecule has 262 valence electrons. The van der Waals surface area contributed by atoms with Gasteiger partial charge in [0.05, 0.1) is 22.8 Å². The Kier molecular flexibility index (Phi) is 11.2. The van der Waals surface area contributed by atoms with Gasteiger partial charge in [-0.1, -0.05) is 83.9 Å². The minimum absolute atomic E-state index is 0.00279. The first-order chi connectivity index (χ1) is 24.9. The fraction of sp³-hybridized carbons (Fsp3) is 0.317. The van der Waals surface area contributed by atoms with E-state index in [0.29, 0.717) is 23.1 Å². The number of fused-ring (bicyclic) bond motifs is 2. The van der Waals surface area contributed by atoms with Crippen LogP contribution in [0.1, 0.15) is 41.5 Å². The molecule has 0 saturated carbocycles. The number of hydrogen-bond acceptors (Lipinski definition) is 6. The van der Waals surface area contributed by atoms with Gasteiger partial charge in [0.1, 0.15) is 13.1 Å². The summed E-state index contributed by atoms with van der Waals surface area (Å²) in [5.41, 5.74) is 7.07. The zero-order chi connectivity index (χ0) is 35.2. The van der Waals surface area contributed by atoms with Gasteiger partial charge in [-0.25, -0.2) is 0 Å². The second-order valence-electron chi connectivity index (χ2n) is 13.2. The molecule has 7 rings (SSSR count). The molecule has 0 aromatic heterocycles. The molecule has 0 bridgehead atoms. The van der Waals surface area contributed by atoms with E-state index in [1.165, 1.54) is 0 Å². The van der Waals surface area contributed by atoms with Gasteiger partial charge in [-0.05, 0) is 81.8 Å². The molecule has 0 atom stereocenters. The fourth-order valence-electron chi connectivity index (χ4n) is 7.32. The zero-order valence-electron chi connectivity index (χ0n) is 28.7. The molecule has 0 radical (unpaired) electrons. The van der Waals surface area contributed by atoms with Crippen LogP contribution < -0.4 is 9.80 Å². The summed E-state index contributed by atoms with van der Waals surface area (Å²) in [6.07, 6.45) is 2.81. The molecule has 4 aromatic carbocycles. The number of halogens is 2. The fourth-order valence-corrected chi connectivity index (χ4v) is 7.67. The highest BCUT2D eigenvalue weighted by molar-refractivity contribution is 6.32. The van der Waals surface area contributed by atoms with Crippen LogP contribution in [0, 0.1) is 0 Å². The topological polar surface area (TPSA) is 71.8 Å². The summed E-state index contributed by atoms with van der Waals surface area (Å²) in [4.78, 5) is 45.0. The third-order valence-electron chi connectivity index (χ3n) is 9.84. The Bertz CT molecular complexity index is 1790. The second kappa shape index (κ2) is 16.3. The molecule has 0 spiro atoms. The van der Waals surface area contributed by atoms with Crippen molar-refractivity contribution in [1.82, 2.24) is 9.80 Å². The SMILES string of the molecule is O=C1CN=C(c2ccccc2)c2cc(Cl)ccc2N1CCCN1CCCN(CCCN2C(=O)CN=C(c3ccccc3)c3cc(Cl)ccc32)CC1. The van der Waals surface area contributed by atoms with Gasteiger partial charge in [-0.2, -0.15) is 0 Å². The van der Waals surface area contributed by atoms with Crippen LogP contribution in [0.3, 0.4) is 0 Å². The zero-order valence-corrected chi connectivity index (χ0v) is 30.2. The molecule has 10 heteroatoms. The maximum Gasteiger partial charge on any atom is 0.248 e. The van der Waals surface area contributed by atoms with E-state index in [-0.39, 0.29) is 24.9 Å². The largest absolute Gasteiger partial charge is 0.310 e. The molecule has 8 nitrogen and oxygen atoms in total. The van der Waals surface area contributed by atoms with Crippen LogP contribution in [0.5, 0.6) is 0 Å². The summed E-state index contributed by atoms with van der Waals surface area (Å²) in [5.74, 6) is 0.00557. The number of amides is 2. The monoisotopic (exact) mass is 720 g/mol. The highest BCUT2D eigenvalue weighted by atomic mass is 35.5. The normalized spacial score (nSPS) is 17.2. The van der Waals surface area contributed by atoms with Gasteiger partial charge in [0, 0.05) is 58.5 Å². The highest BCUT2D eigenvalue weighted by Gasteiger charge is 2.27. The molecule has 3 aliphatic rings. The predicted octanol–water partition coefficient (Wildman–Crippen LogP) is 6.85. The van der Waals surface area contributed by atoms with Crippen molar-refractivity contribution in [2.24, 2.45) is 9.98 Å². The van der Waals surface area contributed by atoms with E-state index < -0.39 is 0 Å². The highest BCUT2D eigenvalue weighted by Crippen LogP contribution is 2.31. The number of hydrogen-bond donors (Lipinski definition) is 0. The van der Waals surface area contributed by atoms with E-state index in [1.807, 2.05) is 107 Å². The number of benzene rings is 4. The summed E-state index contributed by atoms with van der Waals surface area (Å²) in [6, 6.07) is 31.4. The molecule has 4 aromatic rings. The number of carbonyl (C=O) groups is 2. The molecular weight excluding hydrogens is 679 g/mol. The smallest absolute Gasteiger partial charge is 0.248 e. The Morgan fingerprint density at radius 2 is 0.961 bits per heavy atom. The van der Waals surface area contributed by atoms with E-state index in [2.05, 4.69) is 9.80 Å². The van der Waals surface area contributed by atoms with E-state index in [4.69, 9.17) is 33.2 Å². The van der Waals surface area contributed by atoms with Crippen molar-refractivity contribution >= 4 is 57.8 Å². The van der Waals surface area contributed by atoms with Crippen molar-refractivity contribution < 1.29 is 9.59 Å². The van der Waals surface area contributed by atoms with Crippen molar-refractivity contribution in [2.75, 3.05) is 75.2 Å². The quantitative estimate of drug-likeness (QED) is 0.180. The Hall–Kier alpha value is -4.34. The van der Waals surface area contributed by atoms with Gasteiger partial charge in [0.15, 0.2) is 0 Å². The first-order valence-corrected chi connectivity index (χ1v) is 18.6. The van der Waals surface area contributed by atoms with Gasteiger partial charge in [0.2, 0.25) is 11.8 Å². The molecule has 0 N–H and O–H groups in total. The van der Waals surface area contributed by atoms with Gasteiger partial charge < -0.3 is 19.6 Å². The molecule has 0 unspecified atom stereocenters. The van der Waals surface area contributed by atoms with Crippen molar-refractivity contribution in [3.63, 3.8) is 0 Å². The lowest BCUT2D eigenvalue weighted by atomic mass is 10.00. The van der Waals surface area contributed by atoms with E-state index >= 15 is 0 Å². The number of nitrogens with zero attached hydrogens (tertiary/aromatic N) is 6. The number of rotatable bonds is 10. The lowest BCUT2D eigenvalue weighted by Gasteiger charge is -2.26. The van der Waals surface area contributed by atoms with Gasteiger partial charge >= 0.3 is 0 Å². The average molecular weight is 722 g/mol. The van der Waals surface area contributed by atoms with E-state index in [1.54, 1.807) is 0 Å². The molecule has 0 aliphatic carbocycles. The van der Waals surface area contributed by atoms with Crippen LogP contribution in [0.2, 0.25) is 10.0 Å². The average Bonchev–Trinajstić information content (AvgIpc) is 3.51. The van der Waals surface area contributed by atoms with Crippen LogP contribution in [0.25, 0.3) is 0 Å². The van der Waals surface area contributed by atoms with Crippen molar-refractivity contribution in [3.8, 4) is 0 Å². The van der Waals surface area contributed by atoms with Crippen LogP contribution in [-0.2, 0) is 9.59 Å². The first kappa shape index (κ1) is 35.1. The number of anilines is 2. The van der Waals surface area contributed by atoms with Crippen LogP contribution in [0.4, 0.5) is 11.4 Å². The van der Waals surface area contributed by atoms with Crippen LogP contribution in [0.15, 0.2) is 107 Å². The minimum Gasteiger partial charge on any atom is -0.310 e. The third kappa shape index (κ3) is 8.26. The molecule has 2 amide bonds. The summed E-state index contributed by atoms with van der Waals surface area (Å²) in [5, 5.41) is 1.25. The molecule has 3 aliphatic heterocycles. The number of benzodiazepines with no additional fused rings is 2. The van der Waals surface area contributed by atoms with Gasteiger partial charge in [-0.15, -0.1) is 0 Å². The molecule has 3 heterocycles. The lowest BCUT2D eigenvalue weighted by Crippen LogP contribution is -2.37. The van der Waals surface area contributed by atoms with Gasteiger partial charge in [0.25, 0.3) is 0 Å². The summed E-state index contributed by atoms with van der Waals surface area (Å²) in [6.45, 7) is 7.29. The Morgan fingerprint density at radius 3 is 1.39 bits per heavy atom. The first-order valence-electron chi connectivity index (χ1n) is 17.8. The van der Waals surface area contributed by atoms with Crippen molar-refractivity contribution in [2.45, 2.75) is 19.3 Å². The predicted molar refractivity (Wildman–Crippen MR) is 208 cm³/mol. The minimum atomic E-state index is 0.00279. The Balaban J connectivity index is 0.930. The molecular formula is C41H42Cl2N6O2. The van der Waals surface area contributed by atoms with E-state index in [9.17, 15) is 9.59 Å². The van der Waals surface area contributed by atoms with Crippen LogP contribution >= 0.6 is 23.2 Å². The molecule has 51 heavy (non-hydrogen) atoms. The maximum absolute atomic E-state index is 13.4. The maximum atomic E-state index is 13.4. The molecule has 1 fully saturated rings. The summed E-state index contributed by atoms with van der Waals surface area (Å²) < 4.78 is 0. The molecule has 1 saturated heterocycles. The van der Waals surface area contributed by atoms with Gasteiger partial charge in [-0.3, -0.25) is 19.6 Å². The second-order valence-corrected chi connectivity index (χ2v) is 14.1. The van der Waals surface area contributed by atoms with E-state index in [0.717, 1.165) is 104 Å². The van der Waals surface area contributed by atoms with Crippen LogP contribution in [-0.4, -0.2) is 98.5 Å². The lowest BCUT2D eigenvalue weighted by molar-refractivity contribution is -0.118.